The van der Waals surface area contributed by atoms with E-state index in [-0.39, 0.29) is 46.9 Å². The van der Waals surface area contributed by atoms with E-state index in [2.05, 4.69) is 20.6 Å². The number of aromatic carboxylic acids is 1. The summed E-state index contributed by atoms with van der Waals surface area (Å²) in [6.07, 6.45) is 4.32. The molecule has 11 nitrogen and oxygen atoms in total. The molecule has 2 fully saturated rings. The number of nitrogens with zero attached hydrogens (tertiary/aromatic N) is 7. The van der Waals surface area contributed by atoms with E-state index in [1.54, 1.807) is 29.1 Å². The molecule has 12 heteroatoms. The zero-order valence-electron chi connectivity index (χ0n) is 22.7. The number of fused-ring (bicyclic) bond motifs is 1. The van der Waals surface area contributed by atoms with Gasteiger partial charge in [0.2, 0.25) is 0 Å². The highest BCUT2D eigenvalue weighted by atomic mass is 19.1. The van der Waals surface area contributed by atoms with E-state index in [0.29, 0.717) is 13.1 Å². The summed E-state index contributed by atoms with van der Waals surface area (Å²) in [4.78, 5) is 18.7. The molecule has 0 unspecified atom stereocenters. The molecule has 0 amide bonds. The van der Waals surface area contributed by atoms with E-state index in [0.717, 1.165) is 61.9 Å². The Morgan fingerprint density at radius 1 is 1.14 bits per heavy atom. The smallest absolute Gasteiger partial charge is 0.335 e. The molecule has 4 heterocycles. The molecule has 0 spiro atoms. The minimum absolute atomic E-state index is 0.0673. The van der Waals surface area contributed by atoms with E-state index in [1.165, 1.54) is 12.1 Å². The second-order valence-electron chi connectivity index (χ2n) is 10.6. The highest BCUT2D eigenvalue weighted by Crippen LogP contribution is 2.28. The molecule has 42 heavy (non-hydrogen) atoms. The molecule has 0 bridgehead atoms. The monoisotopic (exact) mass is 569 g/mol. The second-order valence-corrected chi connectivity index (χ2v) is 10.6. The van der Waals surface area contributed by atoms with Crippen LogP contribution in [0.4, 0.5) is 4.39 Å². The van der Waals surface area contributed by atoms with Crippen LogP contribution in [0.1, 0.15) is 58.2 Å². The molecule has 1 N–H and O–H groups in total. The Morgan fingerprint density at radius 3 is 2.62 bits per heavy atom. The molecule has 214 valence electrons. The predicted molar refractivity (Wildman–Crippen MR) is 147 cm³/mol. The molecule has 0 aliphatic carbocycles. The van der Waals surface area contributed by atoms with Crippen LogP contribution in [-0.2, 0) is 24.4 Å². The number of carboxylic acid groups (broad SMARTS) is 1. The minimum Gasteiger partial charge on any atom is -0.478 e. The summed E-state index contributed by atoms with van der Waals surface area (Å²) in [7, 11) is 0. The van der Waals surface area contributed by atoms with Gasteiger partial charge in [0.15, 0.2) is 0 Å². The fourth-order valence-electron chi connectivity index (χ4n) is 5.43. The van der Waals surface area contributed by atoms with E-state index in [9.17, 15) is 19.6 Å². The predicted octanol–water partition coefficient (Wildman–Crippen LogP) is 4.02. The van der Waals surface area contributed by atoms with Crippen molar-refractivity contribution in [1.82, 2.24) is 24.2 Å². The summed E-state index contributed by atoms with van der Waals surface area (Å²) in [6.45, 7) is 3.43. The van der Waals surface area contributed by atoms with Gasteiger partial charge in [0, 0.05) is 31.5 Å². The van der Waals surface area contributed by atoms with Gasteiger partial charge in [-0.25, -0.2) is 14.2 Å². The first-order chi connectivity index (χ1) is 20.4. The molecule has 6 rings (SSSR count). The number of hydrogen-bond acceptors (Lipinski definition) is 8. The summed E-state index contributed by atoms with van der Waals surface area (Å²) in [5.41, 5.74) is 2.56. The number of aromatic nitrogens is 4. The number of rotatable bonds is 9. The summed E-state index contributed by atoms with van der Waals surface area (Å²) < 4.78 is 29.5. The molecule has 2 saturated heterocycles. The third-order valence-electron chi connectivity index (χ3n) is 7.92. The van der Waals surface area contributed by atoms with Gasteiger partial charge < -0.3 is 19.1 Å². The third kappa shape index (κ3) is 5.55. The maximum absolute atomic E-state index is 14.3. The molecule has 2 aliphatic rings. The van der Waals surface area contributed by atoms with Crippen molar-refractivity contribution in [2.24, 2.45) is 0 Å². The van der Waals surface area contributed by atoms with Crippen LogP contribution in [0.25, 0.3) is 11.0 Å². The largest absolute Gasteiger partial charge is 0.478 e. The van der Waals surface area contributed by atoms with Gasteiger partial charge in [-0.15, -0.1) is 5.10 Å². The molecule has 2 aliphatic heterocycles. The first kappa shape index (κ1) is 27.4. The van der Waals surface area contributed by atoms with Crippen LogP contribution in [0.5, 0.6) is 5.88 Å². The fourth-order valence-corrected chi connectivity index (χ4v) is 5.43. The Kier molecular flexibility index (Phi) is 7.57. The van der Waals surface area contributed by atoms with Gasteiger partial charge in [-0.1, -0.05) is 6.07 Å². The zero-order chi connectivity index (χ0) is 29.2. The average molecular weight is 570 g/mol. The molecule has 0 radical (unpaired) electrons. The van der Waals surface area contributed by atoms with E-state index in [1.807, 2.05) is 6.07 Å². The SMILES string of the molecule is N#Cc1ccc(COc2nn(C3CCN(Cc4nc5ccc(C(=O)O)cc5n4C[C@@H]4CCO4)CC3)cc2C#N)c(F)c1. The number of benzene rings is 2. The zero-order valence-corrected chi connectivity index (χ0v) is 22.7. The van der Waals surface area contributed by atoms with Gasteiger partial charge in [0.25, 0.3) is 5.88 Å². The average Bonchev–Trinajstić information content (AvgIpc) is 3.54. The lowest BCUT2D eigenvalue weighted by Crippen LogP contribution is -2.36. The number of imidazole rings is 1. The normalized spacial score (nSPS) is 17.5. The molecule has 4 aromatic rings. The van der Waals surface area contributed by atoms with Gasteiger partial charge in [-0.3, -0.25) is 9.58 Å². The molecule has 2 aromatic heterocycles. The number of halogens is 1. The van der Waals surface area contributed by atoms with Gasteiger partial charge in [0.05, 0.1) is 53.5 Å². The van der Waals surface area contributed by atoms with Crippen molar-refractivity contribution < 1.29 is 23.8 Å². The van der Waals surface area contributed by atoms with Crippen LogP contribution in [0.15, 0.2) is 42.6 Å². The van der Waals surface area contributed by atoms with Crippen LogP contribution in [0.2, 0.25) is 0 Å². The Morgan fingerprint density at radius 2 is 1.95 bits per heavy atom. The topological polar surface area (TPSA) is 142 Å². The molecule has 1 atom stereocenters. The van der Waals surface area contributed by atoms with Gasteiger partial charge in [0.1, 0.15) is 29.9 Å². The number of piperidine rings is 1. The Hall–Kier alpha value is -4.78. The summed E-state index contributed by atoms with van der Waals surface area (Å²) in [5, 5.41) is 32.5. The van der Waals surface area contributed by atoms with E-state index in [4.69, 9.17) is 19.7 Å². The van der Waals surface area contributed by atoms with Crippen molar-refractivity contribution in [1.29, 1.82) is 10.5 Å². The van der Waals surface area contributed by atoms with Crippen LogP contribution >= 0.6 is 0 Å². The van der Waals surface area contributed by atoms with Crippen LogP contribution < -0.4 is 4.74 Å². The Bertz CT molecular complexity index is 1720. The highest BCUT2D eigenvalue weighted by Gasteiger charge is 2.27. The number of ether oxygens (including phenoxy) is 2. The van der Waals surface area contributed by atoms with Crippen molar-refractivity contribution in [2.45, 2.75) is 51.1 Å². The maximum Gasteiger partial charge on any atom is 0.335 e. The van der Waals surface area contributed by atoms with Gasteiger partial charge in [-0.2, -0.15) is 10.5 Å². The summed E-state index contributed by atoms with van der Waals surface area (Å²) in [6, 6.07) is 13.2. The minimum atomic E-state index is -0.971. The Labute approximate surface area is 240 Å². The summed E-state index contributed by atoms with van der Waals surface area (Å²) in [5.74, 6) is -0.494. The third-order valence-corrected chi connectivity index (χ3v) is 7.92. The number of nitriles is 2. The standard InChI is InChI=1S/C30H28FN7O4/c31-25-11-19(13-32)1-2-21(25)18-42-29-22(14-33)15-38(35-29)23-5-8-36(9-6-23)17-28-34-26-4-3-20(30(39)40)12-27(26)37(28)16-24-7-10-41-24/h1-4,11-12,15,23-24H,5-10,16-18H2,(H,39,40)/t24-/m0/s1. The molecule has 2 aromatic carbocycles. The van der Waals surface area contributed by atoms with Gasteiger partial charge >= 0.3 is 5.97 Å². The van der Waals surface area contributed by atoms with Crippen LogP contribution in [0.3, 0.4) is 0 Å². The number of likely N-dealkylation sites (tertiary alicyclic amines) is 1. The quantitative estimate of drug-likeness (QED) is 0.316. The lowest BCUT2D eigenvalue weighted by Gasteiger charge is -2.32. The molecule has 0 saturated carbocycles. The van der Waals surface area contributed by atoms with Gasteiger partial charge in [-0.05, 0) is 49.6 Å². The lowest BCUT2D eigenvalue weighted by atomic mass is 10.1. The molecular formula is C30H28FN7O4. The fraction of sp³-hybridized carbons (Fsp3) is 0.367. The first-order valence-electron chi connectivity index (χ1n) is 13.8. The van der Waals surface area contributed by atoms with Crippen molar-refractivity contribution in [3.63, 3.8) is 0 Å². The van der Waals surface area contributed by atoms with Crippen molar-refractivity contribution in [2.75, 3.05) is 19.7 Å². The molecular weight excluding hydrogens is 541 g/mol. The van der Waals surface area contributed by atoms with Crippen LogP contribution in [0, 0.1) is 28.5 Å². The van der Waals surface area contributed by atoms with Crippen molar-refractivity contribution in [3.05, 3.63) is 76.5 Å². The highest BCUT2D eigenvalue weighted by molar-refractivity contribution is 5.92. The summed E-state index contributed by atoms with van der Waals surface area (Å²) >= 11 is 0. The van der Waals surface area contributed by atoms with E-state index < -0.39 is 11.8 Å². The first-order valence-corrected chi connectivity index (χ1v) is 13.8. The number of hydrogen-bond donors (Lipinski definition) is 1. The number of carboxylic acids is 1. The Balaban J connectivity index is 1.12. The number of carbonyl (C=O) groups is 1. The van der Waals surface area contributed by atoms with Crippen molar-refractivity contribution >= 4 is 17.0 Å². The second kappa shape index (κ2) is 11.6. The lowest BCUT2D eigenvalue weighted by molar-refractivity contribution is -0.0592. The van der Waals surface area contributed by atoms with Crippen molar-refractivity contribution in [3.8, 4) is 18.0 Å². The van der Waals surface area contributed by atoms with Crippen LogP contribution in [-0.4, -0.2) is 61.1 Å². The van der Waals surface area contributed by atoms with E-state index >= 15 is 0 Å². The maximum atomic E-state index is 14.3.